The van der Waals surface area contributed by atoms with Crippen LogP contribution in [0.2, 0.25) is 0 Å². The molecular weight excluding hydrogens is 525 g/mol. The van der Waals surface area contributed by atoms with Crippen LogP contribution in [0.25, 0.3) is 5.57 Å². The molecule has 2 fully saturated rings. The van der Waals surface area contributed by atoms with E-state index in [0.717, 1.165) is 29.0 Å². The number of carbonyl (C=O) groups is 1. The highest BCUT2D eigenvalue weighted by atomic mass is 19.4. The van der Waals surface area contributed by atoms with Crippen molar-refractivity contribution < 1.29 is 32.5 Å². The van der Waals surface area contributed by atoms with E-state index in [1.165, 1.54) is 12.1 Å². The van der Waals surface area contributed by atoms with Crippen LogP contribution in [-0.4, -0.2) is 83.9 Å². The van der Waals surface area contributed by atoms with Gasteiger partial charge in [-0.2, -0.15) is 13.2 Å². The number of rotatable bonds is 6. The maximum atomic E-state index is 13.4. The first-order chi connectivity index (χ1) is 19.1. The fourth-order valence-corrected chi connectivity index (χ4v) is 5.33. The van der Waals surface area contributed by atoms with Crippen LogP contribution < -0.4 is 5.32 Å². The fraction of sp³-hybridized carbons (Fsp3) is 0.483. The first-order valence-electron chi connectivity index (χ1n) is 13.4. The van der Waals surface area contributed by atoms with Crippen LogP contribution >= 0.6 is 0 Å². The Bertz CT molecular complexity index is 1270. The maximum Gasteiger partial charge on any atom is 0.416 e. The molecular formula is C29H33F3N4O4. The van der Waals surface area contributed by atoms with Gasteiger partial charge in [-0.15, -0.1) is 0 Å². The third-order valence-corrected chi connectivity index (χ3v) is 7.71. The third-order valence-electron chi connectivity index (χ3n) is 7.71. The van der Waals surface area contributed by atoms with Gasteiger partial charge in [-0.25, -0.2) is 0 Å². The second kappa shape index (κ2) is 11.4. The summed E-state index contributed by atoms with van der Waals surface area (Å²) in [6.45, 7) is 4.84. The van der Waals surface area contributed by atoms with Crippen LogP contribution in [0, 0.1) is 0 Å². The van der Waals surface area contributed by atoms with Gasteiger partial charge in [-0.05, 0) is 61.2 Å². The minimum absolute atomic E-state index is 0.0958. The third kappa shape index (κ3) is 6.27. The molecule has 3 aliphatic rings. The van der Waals surface area contributed by atoms with Gasteiger partial charge >= 0.3 is 6.18 Å². The summed E-state index contributed by atoms with van der Waals surface area (Å²) in [5, 5.41) is 13.8. The van der Waals surface area contributed by atoms with Crippen molar-refractivity contribution in [3.05, 3.63) is 71.1 Å². The van der Waals surface area contributed by atoms with E-state index in [9.17, 15) is 23.1 Å². The Labute approximate surface area is 230 Å². The number of nitrogens with one attached hydrogen (secondary N) is 1. The van der Waals surface area contributed by atoms with Gasteiger partial charge in [0.25, 0.3) is 5.91 Å². The van der Waals surface area contributed by atoms with Crippen molar-refractivity contribution in [2.45, 2.75) is 49.7 Å². The van der Waals surface area contributed by atoms with Crippen LogP contribution in [0.15, 0.2) is 53.7 Å². The minimum Gasteiger partial charge on any atom is -0.389 e. The number of morpholine rings is 1. The number of nitrogens with zero attached hydrogens (tertiary/aromatic N) is 3. The summed E-state index contributed by atoms with van der Waals surface area (Å²) in [5.74, 6) is -0.646. The highest BCUT2D eigenvalue weighted by Gasteiger charge is 2.40. The number of amides is 1. The number of aliphatic hydroxyl groups is 1. The number of ether oxygens (including phenoxy) is 2. The molecule has 1 aromatic heterocycles. The number of dihydropyridines is 1. The minimum atomic E-state index is -4.56. The predicted molar refractivity (Wildman–Crippen MR) is 143 cm³/mol. The Morgan fingerprint density at radius 2 is 1.85 bits per heavy atom. The lowest BCUT2D eigenvalue weighted by atomic mass is 9.88. The monoisotopic (exact) mass is 558 g/mol. The highest BCUT2D eigenvalue weighted by molar-refractivity contribution is 5.98. The molecule has 3 aliphatic heterocycles. The molecule has 2 aromatic rings. The van der Waals surface area contributed by atoms with Crippen molar-refractivity contribution >= 4 is 17.7 Å². The molecule has 0 saturated carbocycles. The summed E-state index contributed by atoms with van der Waals surface area (Å²) in [4.78, 5) is 24.7. The summed E-state index contributed by atoms with van der Waals surface area (Å²) >= 11 is 0. The summed E-state index contributed by atoms with van der Waals surface area (Å²) in [5.41, 5.74) is -0.612. The molecule has 11 heteroatoms. The Morgan fingerprint density at radius 3 is 2.52 bits per heavy atom. The summed E-state index contributed by atoms with van der Waals surface area (Å²) in [7, 11) is 0. The second-order valence-electron chi connectivity index (χ2n) is 10.6. The van der Waals surface area contributed by atoms with E-state index in [-0.39, 0.29) is 11.6 Å². The normalized spacial score (nSPS) is 25.3. The van der Waals surface area contributed by atoms with Gasteiger partial charge < -0.3 is 19.9 Å². The van der Waals surface area contributed by atoms with Gasteiger partial charge in [0.05, 0.1) is 30.4 Å². The average molecular weight is 559 g/mol. The van der Waals surface area contributed by atoms with E-state index < -0.39 is 28.9 Å². The zero-order chi connectivity index (χ0) is 28.4. The van der Waals surface area contributed by atoms with Crippen molar-refractivity contribution in [1.29, 1.82) is 0 Å². The topological polar surface area (TPSA) is 96.3 Å². The summed E-state index contributed by atoms with van der Waals surface area (Å²) in [6.07, 6.45) is 2.27. The average Bonchev–Trinajstić information content (AvgIpc) is 2.95. The lowest BCUT2D eigenvalue weighted by Gasteiger charge is -2.44. The number of aromatic nitrogens is 1. The lowest BCUT2D eigenvalue weighted by molar-refractivity contribution is -0.137. The molecule has 2 unspecified atom stereocenters. The van der Waals surface area contributed by atoms with Crippen LogP contribution in [0.5, 0.6) is 0 Å². The standard InChI is InChI=1S/C29H33F3N4O4/c1-20-25(22-5-6-24(33-18-22)16-27(38)7-11-39-12-8-27)17-28(19-34-20,36-9-13-40-14-10-36)35-26(37)21-3-2-4-23(15-21)29(30,31)32/h2-6,15,17-20,38H,7-14,16H2,1H3,(H,35,37). The molecule has 0 radical (unpaired) electrons. The molecule has 214 valence electrons. The van der Waals surface area contributed by atoms with Crippen molar-refractivity contribution in [1.82, 2.24) is 15.2 Å². The Kier molecular flexibility index (Phi) is 8.10. The summed E-state index contributed by atoms with van der Waals surface area (Å²) in [6, 6.07) is 7.94. The highest BCUT2D eigenvalue weighted by Crippen LogP contribution is 2.32. The predicted octanol–water partition coefficient (Wildman–Crippen LogP) is 3.50. The Balaban J connectivity index is 1.44. The fourth-order valence-electron chi connectivity index (χ4n) is 5.33. The van der Waals surface area contributed by atoms with Gasteiger partial charge in [-0.1, -0.05) is 12.1 Å². The van der Waals surface area contributed by atoms with Crippen LogP contribution in [0.4, 0.5) is 13.2 Å². The van der Waals surface area contributed by atoms with Crippen molar-refractivity contribution in [2.24, 2.45) is 4.99 Å². The molecule has 2 N–H and O–H groups in total. The number of carbonyl (C=O) groups excluding carboxylic acids is 1. The molecule has 0 spiro atoms. The lowest BCUT2D eigenvalue weighted by Crippen LogP contribution is -2.64. The van der Waals surface area contributed by atoms with Gasteiger partial charge in [0.15, 0.2) is 0 Å². The van der Waals surface area contributed by atoms with Crippen LogP contribution in [-0.2, 0) is 22.1 Å². The number of halogens is 3. The number of pyridine rings is 1. The summed E-state index contributed by atoms with van der Waals surface area (Å²) < 4.78 is 50.8. The molecule has 1 aromatic carbocycles. The first kappa shape index (κ1) is 28.4. The largest absolute Gasteiger partial charge is 0.416 e. The maximum absolute atomic E-state index is 13.4. The van der Waals surface area contributed by atoms with E-state index in [0.29, 0.717) is 58.8 Å². The van der Waals surface area contributed by atoms with Crippen LogP contribution in [0.3, 0.4) is 0 Å². The Morgan fingerprint density at radius 1 is 1.12 bits per heavy atom. The Hall–Kier alpha value is -3.12. The van der Waals surface area contributed by atoms with Crippen LogP contribution in [0.1, 0.15) is 46.9 Å². The first-order valence-corrected chi connectivity index (χ1v) is 13.4. The second-order valence-corrected chi connectivity index (χ2v) is 10.6. The van der Waals surface area contributed by atoms with Crippen molar-refractivity contribution in [3.8, 4) is 0 Å². The van der Waals surface area contributed by atoms with E-state index in [2.05, 4.69) is 10.3 Å². The van der Waals surface area contributed by atoms with Gasteiger partial charge in [-0.3, -0.25) is 19.7 Å². The molecule has 8 nitrogen and oxygen atoms in total. The van der Waals surface area contributed by atoms with Crippen molar-refractivity contribution in [3.63, 3.8) is 0 Å². The van der Waals surface area contributed by atoms with Crippen molar-refractivity contribution in [2.75, 3.05) is 39.5 Å². The molecule has 5 rings (SSSR count). The number of hydrogen-bond donors (Lipinski definition) is 2. The van der Waals surface area contributed by atoms with Gasteiger partial charge in [0, 0.05) is 56.4 Å². The number of hydrogen-bond acceptors (Lipinski definition) is 7. The molecule has 1 amide bonds. The molecule has 2 atom stereocenters. The number of benzene rings is 1. The quantitative estimate of drug-likeness (QED) is 0.564. The van der Waals surface area contributed by atoms with E-state index in [4.69, 9.17) is 14.5 Å². The molecule has 40 heavy (non-hydrogen) atoms. The zero-order valence-corrected chi connectivity index (χ0v) is 22.3. The molecule has 4 heterocycles. The van der Waals surface area contributed by atoms with E-state index in [1.54, 1.807) is 12.4 Å². The number of aliphatic imine (C=N–C) groups is 1. The molecule has 0 aliphatic carbocycles. The van der Waals surface area contributed by atoms with E-state index in [1.807, 2.05) is 30.0 Å². The van der Waals surface area contributed by atoms with Gasteiger partial charge in [0.2, 0.25) is 0 Å². The van der Waals surface area contributed by atoms with Gasteiger partial charge in [0.1, 0.15) is 5.66 Å². The number of alkyl halides is 3. The SMILES string of the molecule is CC1N=CC(NC(=O)c2cccc(C(F)(F)F)c2)(N2CCOCC2)C=C1c1ccc(CC2(O)CCOCC2)nc1. The molecule has 0 bridgehead atoms. The van der Waals surface area contributed by atoms with E-state index >= 15 is 0 Å². The smallest absolute Gasteiger partial charge is 0.389 e. The molecule has 2 saturated heterocycles. The zero-order valence-electron chi connectivity index (χ0n) is 22.3.